The number of aliphatic hydroxyl groups excluding tert-OH is 1. The topological polar surface area (TPSA) is 41.5 Å². The fourth-order valence-corrected chi connectivity index (χ4v) is 1.70. The molecule has 1 aliphatic carbocycles. The van der Waals surface area contributed by atoms with Crippen LogP contribution in [0, 0.1) is 5.41 Å². The van der Waals surface area contributed by atoms with E-state index >= 15 is 0 Å². The molecule has 0 aliphatic heterocycles. The minimum absolute atomic E-state index is 0.164. The molecule has 3 nitrogen and oxygen atoms in total. The molecule has 0 heterocycles. The molecular formula is C14H29NO2. The Bertz CT molecular complexity index is 221. The zero-order chi connectivity index (χ0) is 12.9. The molecule has 0 spiro atoms. The normalized spacial score (nSPS) is 20.3. The van der Waals surface area contributed by atoms with Crippen LogP contribution in [-0.4, -0.2) is 36.5 Å². The zero-order valence-electron chi connectivity index (χ0n) is 11.9. The first-order chi connectivity index (χ1) is 7.85. The van der Waals surface area contributed by atoms with Crippen molar-refractivity contribution in [3.05, 3.63) is 0 Å². The Morgan fingerprint density at radius 1 is 1.12 bits per heavy atom. The average Bonchev–Trinajstić information content (AvgIpc) is 2.99. The van der Waals surface area contributed by atoms with Crippen molar-refractivity contribution in [1.29, 1.82) is 0 Å². The van der Waals surface area contributed by atoms with Crippen molar-refractivity contribution in [2.75, 3.05) is 19.8 Å². The van der Waals surface area contributed by atoms with E-state index in [0.29, 0.717) is 11.5 Å². The van der Waals surface area contributed by atoms with E-state index in [1.54, 1.807) is 0 Å². The molecule has 0 amide bonds. The van der Waals surface area contributed by atoms with Gasteiger partial charge in [0, 0.05) is 24.8 Å². The maximum Gasteiger partial charge on any atom is 0.0611 e. The number of hydrogen-bond acceptors (Lipinski definition) is 3. The molecule has 2 N–H and O–H groups in total. The third-order valence-corrected chi connectivity index (χ3v) is 3.27. The van der Waals surface area contributed by atoms with Gasteiger partial charge < -0.3 is 15.2 Å². The van der Waals surface area contributed by atoms with Crippen molar-refractivity contribution < 1.29 is 9.84 Å². The van der Waals surface area contributed by atoms with Gasteiger partial charge in [-0.25, -0.2) is 0 Å². The molecule has 0 aromatic heterocycles. The molecule has 1 aliphatic rings. The van der Waals surface area contributed by atoms with Crippen molar-refractivity contribution in [3.8, 4) is 0 Å². The summed E-state index contributed by atoms with van der Waals surface area (Å²) in [6, 6.07) is 0.627. The second kappa shape index (κ2) is 6.17. The number of nitrogens with one attached hydrogen (secondary N) is 1. The van der Waals surface area contributed by atoms with E-state index in [1.165, 1.54) is 12.8 Å². The molecule has 1 fully saturated rings. The second-order valence-electron chi connectivity index (χ2n) is 6.81. The first kappa shape index (κ1) is 14.9. The summed E-state index contributed by atoms with van der Waals surface area (Å²) < 4.78 is 5.66. The second-order valence-corrected chi connectivity index (χ2v) is 6.81. The Morgan fingerprint density at radius 3 is 2.18 bits per heavy atom. The van der Waals surface area contributed by atoms with Gasteiger partial charge in [-0.15, -0.1) is 0 Å². The monoisotopic (exact) mass is 243 g/mol. The molecule has 102 valence electrons. The van der Waals surface area contributed by atoms with Crippen molar-refractivity contribution in [1.82, 2.24) is 5.32 Å². The summed E-state index contributed by atoms with van der Waals surface area (Å²) in [5.41, 5.74) is 0.176. The molecule has 0 aromatic rings. The predicted molar refractivity (Wildman–Crippen MR) is 71.2 cm³/mol. The summed E-state index contributed by atoms with van der Waals surface area (Å²) in [7, 11) is 0. The Balaban J connectivity index is 2.10. The highest BCUT2D eigenvalue weighted by Crippen LogP contribution is 2.24. The fraction of sp³-hybridized carbons (Fsp3) is 1.00. The summed E-state index contributed by atoms with van der Waals surface area (Å²) in [4.78, 5) is 0. The Labute approximate surface area is 106 Å². The Hall–Kier alpha value is -0.120. The molecule has 3 heteroatoms. The van der Waals surface area contributed by atoms with Crippen molar-refractivity contribution in [2.45, 2.75) is 65.0 Å². The fourth-order valence-electron chi connectivity index (χ4n) is 1.70. The van der Waals surface area contributed by atoms with E-state index in [9.17, 15) is 5.11 Å². The lowest BCUT2D eigenvalue weighted by Crippen LogP contribution is -2.47. The number of rotatable bonds is 8. The molecule has 1 rings (SSSR count). The summed E-state index contributed by atoms with van der Waals surface area (Å²) in [6.07, 6.45) is 4.46. The van der Waals surface area contributed by atoms with E-state index < -0.39 is 0 Å². The van der Waals surface area contributed by atoms with Gasteiger partial charge in [-0.2, -0.15) is 0 Å². The van der Waals surface area contributed by atoms with Crippen LogP contribution in [0.4, 0.5) is 0 Å². The van der Waals surface area contributed by atoms with Gasteiger partial charge in [0.2, 0.25) is 0 Å². The van der Waals surface area contributed by atoms with Gasteiger partial charge in [-0.3, -0.25) is 0 Å². The third-order valence-electron chi connectivity index (χ3n) is 3.27. The van der Waals surface area contributed by atoms with Crippen LogP contribution in [0.25, 0.3) is 0 Å². The third kappa shape index (κ3) is 7.02. The van der Waals surface area contributed by atoms with Gasteiger partial charge in [-0.1, -0.05) is 20.8 Å². The average molecular weight is 243 g/mol. The largest absolute Gasteiger partial charge is 0.394 e. The molecule has 0 radical (unpaired) electrons. The molecular weight excluding hydrogens is 214 g/mol. The molecule has 0 bridgehead atoms. The highest BCUT2D eigenvalue weighted by molar-refractivity contribution is 4.92. The van der Waals surface area contributed by atoms with E-state index in [-0.39, 0.29) is 12.1 Å². The van der Waals surface area contributed by atoms with Crippen LogP contribution in [0.5, 0.6) is 0 Å². The summed E-state index contributed by atoms with van der Waals surface area (Å²) in [6.45, 7) is 10.5. The SMILES string of the molecule is CC(C)(C)CCOCCC(C)(CO)NC1CC1. The van der Waals surface area contributed by atoms with Gasteiger partial charge in [0.25, 0.3) is 0 Å². The van der Waals surface area contributed by atoms with E-state index in [1.807, 2.05) is 0 Å². The van der Waals surface area contributed by atoms with Gasteiger partial charge >= 0.3 is 0 Å². The predicted octanol–water partition coefficient (Wildman–Crippen LogP) is 2.33. The molecule has 1 atom stereocenters. The highest BCUT2D eigenvalue weighted by Gasteiger charge is 2.31. The summed E-state index contributed by atoms with van der Waals surface area (Å²) in [5.74, 6) is 0. The first-order valence-electron chi connectivity index (χ1n) is 6.81. The summed E-state index contributed by atoms with van der Waals surface area (Å²) >= 11 is 0. The molecule has 0 aromatic carbocycles. The van der Waals surface area contributed by atoms with Crippen molar-refractivity contribution in [3.63, 3.8) is 0 Å². The van der Waals surface area contributed by atoms with Crippen LogP contribution >= 0.6 is 0 Å². The molecule has 1 saturated carbocycles. The maximum absolute atomic E-state index is 9.43. The zero-order valence-corrected chi connectivity index (χ0v) is 11.9. The minimum atomic E-state index is -0.164. The van der Waals surface area contributed by atoms with Gasteiger partial charge in [-0.05, 0) is 38.0 Å². The van der Waals surface area contributed by atoms with Crippen LogP contribution in [0.3, 0.4) is 0 Å². The van der Waals surface area contributed by atoms with Gasteiger partial charge in [0.15, 0.2) is 0 Å². The standard InChI is InChI=1S/C14H29NO2/c1-13(2,3)7-9-17-10-8-14(4,11-16)15-12-5-6-12/h12,15-16H,5-11H2,1-4H3. The van der Waals surface area contributed by atoms with Gasteiger partial charge in [0.1, 0.15) is 0 Å². The number of ether oxygens (including phenoxy) is 1. The van der Waals surface area contributed by atoms with E-state index in [4.69, 9.17) is 4.74 Å². The Morgan fingerprint density at radius 2 is 1.71 bits per heavy atom. The lowest BCUT2D eigenvalue weighted by atomic mass is 9.93. The van der Waals surface area contributed by atoms with Crippen LogP contribution in [0.1, 0.15) is 53.4 Å². The van der Waals surface area contributed by atoms with E-state index in [0.717, 1.165) is 26.1 Å². The maximum atomic E-state index is 9.43. The number of aliphatic hydroxyl groups is 1. The quantitative estimate of drug-likeness (QED) is 0.643. The highest BCUT2D eigenvalue weighted by atomic mass is 16.5. The van der Waals surface area contributed by atoms with Crippen LogP contribution in [-0.2, 0) is 4.74 Å². The smallest absolute Gasteiger partial charge is 0.0611 e. The van der Waals surface area contributed by atoms with Gasteiger partial charge in [0.05, 0.1) is 6.61 Å². The Kier molecular flexibility index (Phi) is 5.42. The van der Waals surface area contributed by atoms with E-state index in [2.05, 4.69) is 33.0 Å². The van der Waals surface area contributed by atoms with Crippen LogP contribution in [0.2, 0.25) is 0 Å². The molecule has 1 unspecified atom stereocenters. The summed E-state index contributed by atoms with van der Waals surface area (Å²) in [5, 5.41) is 12.9. The lowest BCUT2D eigenvalue weighted by molar-refractivity contribution is 0.0727. The van der Waals surface area contributed by atoms with Crippen molar-refractivity contribution in [2.24, 2.45) is 5.41 Å². The minimum Gasteiger partial charge on any atom is -0.394 e. The molecule has 0 saturated heterocycles. The molecule has 17 heavy (non-hydrogen) atoms. The number of hydrogen-bond donors (Lipinski definition) is 2. The first-order valence-corrected chi connectivity index (χ1v) is 6.81. The lowest BCUT2D eigenvalue weighted by Gasteiger charge is -2.29. The van der Waals surface area contributed by atoms with Crippen LogP contribution < -0.4 is 5.32 Å². The van der Waals surface area contributed by atoms with Crippen molar-refractivity contribution >= 4 is 0 Å². The van der Waals surface area contributed by atoms with Crippen LogP contribution in [0.15, 0.2) is 0 Å².